The molecule has 4 nitrogen and oxygen atoms in total. The molecule has 0 radical (unpaired) electrons. The van der Waals surface area contributed by atoms with Gasteiger partial charge in [-0.1, -0.05) is 42.5 Å². The second kappa shape index (κ2) is 8.26. The first-order valence-corrected chi connectivity index (χ1v) is 10.3. The molecule has 3 aromatic carbocycles. The number of aliphatic carboxylic acids is 1. The first-order chi connectivity index (χ1) is 14.0. The average molecular weight is 389 g/mol. The molecule has 3 N–H and O–H groups in total. The van der Waals surface area contributed by atoms with Gasteiger partial charge in [-0.2, -0.15) is 0 Å². The summed E-state index contributed by atoms with van der Waals surface area (Å²) in [5.74, 6) is 0.467. The quantitative estimate of drug-likeness (QED) is 0.662. The highest BCUT2D eigenvalue weighted by Gasteiger charge is 2.30. The second-order valence-electron chi connectivity index (χ2n) is 7.94. The Morgan fingerprint density at radius 1 is 1.14 bits per heavy atom. The van der Waals surface area contributed by atoms with Crippen LogP contribution in [0.15, 0.2) is 54.6 Å². The van der Waals surface area contributed by atoms with Crippen LogP contribution in [0.5, 0.6) is 5.75 Å². The normalized spacial score (nSPS) is 17.7. The third-order valence-corrected chi connectivity index (χ3v) is 5.90. The molecule has 2 aliphatic rings. The Bertz CT molecular complexity index is 1040. The topological polar surface area (TPSA) is 72.6 Å². The van der Waals surface area contributed by atoms with Crippen LogP contribution in [0.1, 0.15) is 54.0 Å². The monoisotopic (exact) mass is 389 g/mol. The van der Waals surface area contributed by atoms with Crippen LogP contribution in [0, 0.1) is 0 Å². The zero-order valence-electron chi connectivity index (χ0n) is 16.7. The number of rotatable bonds is 3. The van der Waals surface area contributed by atoms with Crippen molar-refractivity contribution in [2.75, 3.05) is 6.61 Å². The van der Waals surface area contributed by atoms with Crippen molar-refractivity contribution in [2.45, 2.75) is 44.6 Å². The third kappa shape index (κ3) is 4.13. The summed E-state index contributed by atoms with van der Waals surface area (Å²) in [6.07, 6.45) is 3.18. The standard InChI is InChI=1S/C13H14O3.C12H13N/c14-12(15)7-9-2-1-8-3-4-11-10(13(8)9)5-6-16-11;1-9(13)11-7-6-10-4-2-3-5-12(10)8-11/h3-4,9H,1-2,5-7H2,(H,14,15);2-9H,13H2,1H3/t2*9-/m01/s1. The fraction of sp³-hybridized carbons (Fsp3) is 0.320. The predicted octanol–water partition coefficient (Wildman–Crippen LogP) is 4.99. The molecule has 0 saturated carbocycles. The summed E-state index contributed by atoms with van der Waals surface area (Å²) in [5.41, 5.74) is 10.9. The van der Waals surface area contributed by atoms with E-state index in [4.69, 9.17) is 15.6 Å². The van der Waals surface area contributed by atoms with E-state index in [9.17, 15) is 4.79 Å². The summed E-state index contributed by atoms with van der Waals surface area (Å²) >= 11 is 0. The van der Waals surface area contributed by atoms with Gasteiger partial charge in [0.15, 0.2) is 0 Å². The van der Waals surface area contributed by atoms with Crippen molar-refractivity contribution in [3.8, 4) is 5.75 Å². The van der Waals surface area contributed by atoms with E-state index in [0.717, 1.165) is 31.6 Å². The molecule has 0 fully saturated rings. The van der Waals surface area contributed by atoms with Crippen molar-refractivity contribution in [1.82, 2.24) is 0 Å². The Hall–Kier alpha value is -2.85. The van der Waals surface area contributed by atoms with E-state index in [1.54, 1.807) is 0 Å². The molecule has 0 unspecified atom stereocenters. The Morgan fingerprint density at radius 2 is 1.93 bits per heavy atom. The molecule has 3 aromatic rings. The molecule has 1 aliphatic heterocycles. The highest BCUT2D eigenvalue weighted by Crippen LogP contribution is 2.43. The van der Waals surface area contributed by atoms with E-state index in [2.05, 4.69) is 36.4 Å². The lowest BCUT2D eigenvalue weighted by molar-refractivity contribution is -0.137. The number of hydrogen-bond donors (Lipinski definition) is 2. The molecule has 0 saturated heterocycles. The van der Waals surface area contributed by atoms with E-state index < -0.39 is 5.97 Å². The Kier molecular flexibility index (Phi) is 5.54. The van der Waals surface area contributed by atoms with Crippen LogP contribution in [-0.4, -0.2) is 17.7 Å². The van der Waals surface area contributed by atoms with Crippen LogP contribution in [0.3, 0.4) is 0 Å². The molecule has 0 spiro atoms. The molecule has 1 aliphatic carbocycles. The summed E-state index contributed by atoms with van der Waals surface area (Å²) < 4.78 is 5.53. The van der Waals surface area contributed by atoms with Crippen LogP contribution in [0.4, 0.5) is 0 Å². The predicted molar refractivity (Wildman–Crippen MR) is 116 cm³/mol. The van der Waals surface area contributed by atoms with E-state index in [1.165, 1.54) is 33.0 Å². The first kappa shape index (κ1) is 19.5. The van der Waals surface area contributed by atoms with Crippen LogP contribution in [-0.2, 0) is 17.6 Å². The van der Waals surface area contributed by atoms with Gasteiger partial charge in [0.05, 0.1) is 13.0 Å². The van der Waals surface area contributed by atoms with E-state index >= 15 is 0 Å². The van der Waals surface area contributed by atoms with Crippen molar-refractivity contribution in [3.05, 3.63) is 76.9 Å². The van der Waals surface area contributed by atoms with Gasteiger partial charge in [-0.25, -0.2) is 0 Å². The number of ether oxygens (including phenoxy) is 1. The molecule has 1 heterocycles. The van der Waals surface area contributed by atoms with Crippen molar-refractivity contribution < 1.29 is 14.6 Å². The van der Waals surface area contributed by atoms with Gasteiger partial charge in [0.1, 0.15) is 5.75 Å². The molecule has 2 atom stereocenters. The fourth-order valence-electron chi connectivity index (χ4n) is 4.46. The van der Waals surface area contributed by atoms with Crippen molar-refractivity contribution in [3.63, 3.8) is 0 Å². The molecule has 4 heteroatoms. The number of benzene rings is 3. The van der Waals surface area contributed by atoms with E-state index in [1.807, 2.05) is 25.1 Å². The summed E-state index contributed by atoms with van der Waals surface area (Å²) in [5, 5.41) is 11.4. The molecular formula is C25H27NO3. The molecule has 5 rings (SSSR count). The minimum absolute atomic E-state index is 0.115. The highest BCUT2D eigenvalue weighted by molar-refractivity contribution is 5.83. The lowest BCUT2D eigenvalue weighted by Gasteiger charge is -2.12. The number of fused-ring (bicyclic) bond motifs is 4. The minimum atomic E-state index is -0.700. The number of hydrogen-bond acceptors (Lipinski definition) is 3. The number of carboxylic acids is 1. The van der Waals surface area contributed by atoms with Crippen molar-refractivity contribution >= 4 is 16.7 Å². The Morgan fingerprint density at radius 3 is 2.69 bits per heavy atom. The highest BCUT2D eigenvalue weighted by atomic mass is 16.5. The molecule has 29 heavy (non-hydrogen) atoms. The number of carboxylic acid groups (broad SMARTS) is 1. The van der Waals surface area contributed by atoms with Crippen LogP contribution in [0.2, 0.25) is 0 Å². The molecule has 0 amide bonds. The molecule has 0 aromatic heterocycles. The number of nitrogens with two attached hydrogens (primary N) is 1. The van der Waals surface area contributed by atoms with Crippen LogP contribution < -0.4 is 10.5 Å². The Balaban J connectivity index is 0.000000145. The molecule has 150 valence electrons. The maximum atomic E-state index is 10.8. The van der Waals surface area contributed by atoms with Gasteiger partial charge in [0.25, 0.3) is 0 Å². The number of aryl methyl sites for hydroxylation is 1. The third-order valence-electron chi connectivity index (χ3n) is 5.90. The smallest absolute Gasteiger partial charge is 0.303 e. The summed E-state index contributed by atoms with van der Waals surface area (Å²) in [4.78, 5) is 10.8. The summed E-state index contributed by atoms with van der Waals surface area (Å²) in [6, 6.07) is 18.9. The van der Waals surface area contributed by atoms with Crippen molar-refractivity contribution in [2.24, 2.45) is 5.73 Å². The second-order valence-corrected chi connectivity index (χ2v) is 7.94. The molecular weight excluding hydrogens is 362 g/mol. The SMILES string of the molecule is C[C@@H](N)c1ccc2ccccc2c1.O=C(O)C[C@@H]1CCc2ccc3c(c21)CCO3. The fourth-order valence-corrected chi connectivity index (χ4v) is 4.46. The van der Waals surface area contributed by atoms with E-state index in [0.29, 0.717) is 0 Å². The first-order valence-electron chi connectivity index (χ1n) is 10.3. The number of carbonyl (C=O) groups is 1. The van der Waals surface area contributed by atoms with Crippen molar-refractivity contribution in [1.29, 1.82) is 0 Å². The largest absolute Gasteiger partial charge is 0.493 e. The molecule has 0 bridgehead atoms. The van der Waals surface area contributed by atoms with Gasteiger partial charge < -0.3 is 15.6 Å². The lowest BCUT2D eigenvalue weighted by Crippen LogP contribution is -2.05. The van der Waals surface area contributed by atoms with Gasteiger partial charge in [-0.3, -0.25) is 4.79 Å². The van der Waals surface area contributed by atoms with Crippen LogP contribution in [0.25, 0.3) is 10.8 Å². The zero-order chi connectivity index (χ0) is 20.4. The maximum Gasteiger partial charge on any atom is 0.303 e. The van der Waals surface area contributed by atoms with Gasteiger partial charge in [0.2, 0.25) is 0 Å². The Labute approximate surface area is 171 Å². The van der Waals surface area contributed by atoms with Gasteiger partial charge in [-0.05, 0) is 65.3 Å². The lowest BCUT2D eigenvalue weighted by atomic mass is 9.92. The maximum absolute atomic E-state index is 10.8. The van der Waals surface area contributed by atoms with Crippen LogP contribution >= 0.6 is 0 Å². The zero-order valence-corrected chi connectivity index (χ0v) is 16.7. The average Bonchev–Trinajstić information content (AvgIpc) is 3.34. The van der Waals surface area contributed by atoms with Gasteiger partial charge >= 0.3 is 5.97 Å². The van der Waals surface area contributed by atoms with E-state index in [-0.39, 0.29) is 18.4 Å². The van der Waals surface area contributed by atoms with Gasteiger partial charge in [0, 0.05) is 18.0 Å². The summed E-state index contributed by atoms with van der Waals surface area (Å²) in [7, 11) is 0. The summed E-state index contributed by atoms with van der Waals surface area (Å²) in [6.45, 7) is 2.75. The van der Waals surface area contributed by atoms with Gasteiger partial charge in [-0.15, -0.1) is 0 Å². The minimum Gasteiger partial charge on any atom is -0.493 e.